The van der Waals surface area contributed by atoms with Gasteiger partial charge in [0.15, 0.2) is 0 Å². The Morgan fingerprint density at radius 2 is 2.41 bits per heavy atom. The molecule has 1 aromatic carbocycles. The van der Waals surface area contributed by atoms with E-state index in [1.54, 1.807) is 12.1 Å². The number of benzene rings is 1. The maximum absolute atomic E-state index is 11.1. The van der Waals surface area contributed by atoms with Crippen LogP contribution in [-0.4, -0.2) is 28.6 Å². The van der Waals surface area contributed by atoms with Gasteiger partial charge in [-0.15, -0.1) is 0 Å². The number of hydrogen-bond acceptors (Lipinski definition) is 4. The van der Waals surface area contributed by atoms with Gasteiger partial charge in [-0.3, -0.25) is 0 Å². The number of carboxylic acid groups (broad SMARTS) is 1. The molecule has 1 heterocycles. The lowest BCUT2D eigenvalue weighted by molar-refractivity contribution is 0.0698. The molecule has 0 saturated carbocycles. The average molecular weight is 252 g/mol. The molecule has 92 valence electrons. The van der Waals surface area contributed by atoms with Crippen LogP contribution in [0.25, 0.3) is 0 Å². The number of carboxylic acids is 1. The second-order valence-electron chi connectivity index (χ2n) is 4.13. The fourth-order valence-corrected chi connectivity index (χ4v) is 3.12. The van der Waals surface area contributed by atoms with Crippen LogP contribution in [0.2, 0.25) is 0 Å². The van der Waals surface area contributed by atoms with E-state index < -0.39 is 5.97 Å². The summed E-state index contributed by atoms with van der Waals surface area (Å²) in [5.74, 6) is 0.263. The summed E-state index contributed by atoms with van der Waals surface area (Å²) in [5.41, 5.74) is 6.96. The van der Waals surface area contributed by atoms with Gasteiger partial charge in [0, 0.05) is 23.2 Å². The molecular weight excluding hydrogens is 236 g/mol. The first-order valence-electron chi connectivity index (χ1n) is 5.65. The molecule has 2 rings (SSSR count). The molecule has 1 atom stereocenters. The molecule has 0 spiro atoms. The highest BCUT2D eigenvalue weighted by atomic mass is 32.2. The molecule has 4 nitrogen and oxygen atoms in total. The largest absolute Gasteiger partial charge is 0.478 e. The first-order valence-corrected chi connectivity index (χ1v) is 6.70. The number of thioether (sulfide) groups is 1. The van der Waals surface area contributed by atoms with Crippen LogP contribution in [0.5, 0.6) is 0 Å². The average Bonchev–Trinajstić information content (AvgIpc) is 2.80. The summed E-state index contributed by atoms with van der Waals surface area (Å²) in [6.07, 6.45) is 2.46. The van der Waals surface area contributed by atoms with E-state index >= 15 is 0 Å². The minimum atomic E-state index is -0.945. The molecule has 0 aromatic heterocycles. The first-order chi connectivity index (χ1) is 8.16. The van der Waals surface area contributed by atoms with Crippen molar-refractivity contribution < 1.29 is 9.90 Å². The van der Waals surface area contributed by atoms with E-state index in [2.05, 4.69) is 5.32 Å². The Hall–Kier alpha value is -1.36. The lowest BCUT2D eigenvalue weighted by Gasteiger charge is -2.13. The minimum absolute atomic E-state index is 0.244. The predicted octanol–water partition coefficient (Wildman–Crippen LogP) is 2.27. The molecule has 1 aromatic rings. The Morgan fingerprint density at radius 1 is 1.59 bits per heavy atom. The van der Waals surface area contributed by atoms with Crippen LogP contribution < -0.4 is 11.1 Å². The number of nitrogen functional groups attached to an aromatic ring is 1. The van der Waals surface area contributed by atoms with Gasteiger partial charge in [-0.1, -0.05) is 0 Å². The second kappa shape index (κ2) is 5.31. The molecule has 0 aliphatic carbocycles. The first kappa shape index (κ1) is 12.1. The Bertz CT molecular complexity index is 417. The standard InChI is InChI=1S/C12H16N2O2S/c13-8-3-4-11(10(6-8)12(15)16)14-7-9-2-1-5-17-9/h3-4,6,9,14H,1-2,5,7,13H2,(H,15,16). The van der Waals surface area contributed by atoms with Crippen molar-refractivity contribution in [3.8, 4) is 0 Å². The fraction of sp³-hybridized carbons (Fsp3) is 0.417. The predicted molar refractivity (Wildman–Crippen MR) is 71.8 cm³/mol. The van der Waals surface area contributed by atoms with Crippen molar-refractivity contribution in [3.63, 3.8) is 0 Å². The summed E-state index contributed by atoms with van der Waals surface area (Å²) in [7, 11) is 0. The van der Waals surface area contributed by atoms with Crippen molar-refractivity contribution in [2.24, 2.45) is 0 Å². The molecule has 1 unspecified atom stereocenters. The van der Waals surface area contributed by atoms with Gasteiger partial charge in [0.1, 0.15) is 0 Å². The summed E-state index contributed by atoms with van der Waals surface area (Å²) in [6.45, 7) is 0.814. The van der Waals surface area contributed by atoms with Gasteiger partial charge >= 0.3 is 5.97 Å². The summed E-state index contributed by atoms with van der Waals surface area (Å²) < 4.78 is 0. The SMILES string of the molecule is Nc1ccc(NCC2CCCS2)c(C(=O)O)c1. The van der Waals surface area contributed by atoms with E-state index in [0.29, 0.717) is 16.6 Å². The van der Waals surface area contributed by atoms with Gasteiger partial charge in [-0.25, -0.2) is 4.79 Å². The van der Waals surface area contributed by atoms with Crippen molar-refractivity contribution in [2.75, 3.05) is 23.3 Å². The number of carbonyl (C=O) groups is 1. The highest BCUT2D eigenvalue weighted by Crippen LogP contribution is 2.27. The molecule has 4 N–H and O–H groups in total. The highest BCUT2D eigenvalue weighted by molar-refractivity contribution is 8.00. The normalized spacial score (nSPS) is 19.2. The monoisotopic (exact) mass is 252 g/mol. The zero-order chi connectivity index (χ0) is 12.3. The third-order valence-electron chi connectivity index (χ3n) is 2.82. The molecule has 17 heavy (non-hydrogen) atoms. The lowest BCUT2D eigenvalue weighted by atomic mass is 10.1. The second-order valence-corrected chi connectivity index (χ2v) is 5.53. The van der Waals surface area contributed by atoms with Crippen LogP contribution >= 0.6 is 11.8 Å². The van der Waals surface area contributed by atoms with Gasteiger partial charge in [0.05, 0.1) is 5.56 Å². The van der Waals surface area contributed by atoms with Crippen LogP contribution in [0, 0.1) is 0 Å². The third kappa shape index (κ3) is 3.06. The van der Waals surface area contributed by atoms with Crippen molar-refractivity contribution in [1.29, 1.82) is 0 Å². The third-order valence-corrected chi connectivity index (χ3v) is 4.22. The molecule has 0 radical (unpaired) electrons. The summed E-state index contributed by atoms with van der Waals surface area (Å²) in [5, 5.41) is 12.9. The van der Waals surface area contributed by atoms with E-state index in [0.717, 1.165) is 6.54 Å². The molecule has 1 aliphatic rings. The summed E-state index contributed by atoms with van der Waals surface area (Å²) >= 11 is 1.94. The molecule has 0 amide bonds. The van der Waals surface area contributed by atoms with Crippen LogP contribution in [0.3, 0.4) is 0 Å². The maximum atomic E-state index is 11.1. The van der Waals surface area contributed by atoms with Gasteiger partial charge in [0.25, 0.3) is 0 Å². The van der Waals surface area contributed by atoms with Crippen molar-refractivity contribution >= 4 is 29.1 Å². The van der Waals surface area contributed by atoms with E-state index in [1.807, 2.05) is 11.8 Å². The molecule has 5 heteroatoms. The fourth-order valence-electron chi connectivity index (χ4n) is 1.92. The minimum Gasteiger partial charge on any atom is -0.478 e. The Morgan fingerprint density at radius 3 is 3.06 bits per heavy atom. The zero-order valence-electron chi connectivity index (χ0n) is 9.48. The summed E-state index contributed by atoms with van der Waals surface area (Å²) in [6, 6.07) is 4.95. The molecule has 1 saturated heterocycles. The zero-order valence-corrected chi connectivity index (χ0v) is 10.3. The van der Waals surface area contributed by atoms with Gasteiger partial charge in [-0.05, 0) is 36.8 Å². The topological polar surface area (TPSA) is 75.3 Å². The molecule has 0 bridgehead atoms. The van der Waals surface area contributed by atoms with Crippen LogP contribution in [-0.2, 0) is 0 Å². The number of nitrogens with two attached hydrogens (primary N) is 1. The number of hydrogen-bond donors (Lipinski definition) is 3. The van der Waals surface area contributed by atoms with Crippen molar-refractivity contribution in [1.82, 2.24) is 0 Å². The van der Waals surface area contributed by atoms with E-state index in [1.165, 1.54) is 24.7 Å². The Kier molecular flexibility index (Phi) is 3.78. The van der Waals surface area contributed by atoms with Crippen molar-refractivity contribution in [2.45, 2.75) is 18.1 Å². The lowest BCUT2D eigenvalue weighted by Crippen LogP contribution is -2.15. The molecule has 1 aliphatic heterocycles. The number of nitrogens with one attached hydrogen (secondary N) is 1. The Balaban J connectivity index is 2.06. The number of anilines is 2. The number of rotatable bonds is 4. The van der Waals surface area contributed by atoms with Crippen LogP contribution in [0.4, 0.5) is 11.4 Å². The molecular formula is C12H16N2O2S. The van der Waals surface area contributed by atoms with Crippen LogP contribution in [0.1, 0.15) is 23.2 Å². The highest BCUT2D eigenvalue weighted by Gasteiger charge is 2.16. The maximum Gasteiger partial charge on any atom is 0.337 e. The smallest absolute Gasteiger partial charge is 0.337 e. The van der Waals surface area contributed by atoms with Crippen molar-refractivity contribution in [3.05, 3.63) is 23.8 Å². The van der Waals surface area contributed by atoms with E-state index in [-0.39, 0.29) is 5.56 Å². The van der Waals surface area contributed by atoms with Gasteiger partial charge in [-0.2, -0.15) is 11.8 Å². The van der Waals surface area contributed by atoms with Gasteiger partial charge in [0.2, 0.25) is 0 Å². The number of aromatic carboxylic acids is 1. The van der Waals surface area contributed by atoms with Crippen LogP contribution in [0.15, 0.2) is 18.2 Å². The summed E-state index contributed by atoms with van der Waals surface area (Å²) in [4.78, 5) is 11.1. The quantitative estimate of drug-likeness (QED) is 0.717. The Labute approximate surface area is 105 Å². The van der Waals surface area contributed by atoms with E-state index in [9.17, 15) is 4.79 Å². The van der Waals surface area contributed by atoms with E-state index in [4.69, 9.17) is 10.8 Å². The molecule has 1 fully saturated rings. The van der Waals surface area contributed by atoms with Gasteiger partial charge < -0.3 is 16.2 Å².